The second kappa shape index (κ2) is 7.69. The molecule has 0 saturated carbocycles. The molecule has 1 aromatic heterocycles. The van der Waals surface area contributed by atoms with Crippen LogP contribution in [0, 0.1) is 6.92 Å². The number of hydrogen-bond donors (Lipinski definition) is 1. The molecule has 0 aliphatic rings. The number of rotatable bonds is 0. The van der Waals surface area contributed by atoms with E-state index in [9.17, 15) is 4.79 Å². The Morgan fingerprint density at radius 2 is 1.56 bits per heavy atom. The predicted molar refractivity (Wildman–Crippen MR) is 72.0 cm³/mol. The molecule has 2 nitrogen and oxygen atoms in total. The second-order valence-corrected chi connectivity index (χ2v) is 2.83. The largest absolute Gasteiger partial charge is 0.328 e. The summed E-state index contributed by atoms with van der Waals surface area (Å²) in [5.74, 6) is 0. The molecular weight excluding hydrogens is 198 g/mol. The normalized spacial score (nSPS) is 8.56. The molecule has 2 heteroatoms. The van der Waals surface area contributed by atoms with E-state index in [1.54, 1.807) is 6.20 Å². The van der Waals surface area contributed by atoms with Crippen LogP contribution in [0.25, 0.3) is 10.8 Å². The molecule has 0 amide bonds. The fourth-order valence-corrected chi connectivity index (χ4v) is 1.34. The van der Waals surface area contributed by atoms with E-state index in [4.69, 9.17) is 0 Å². The van der Waals surface area contributed by atoms with Crippen molar-refractivity contribution in [1.29, 1.82) is 0 Å². The van der Waals surface area contributed by atoms with E-state index in [1.807, 2.05) is 58.9 Å². The number of fused-ring (bicyclic) bond motifs is 1. The number of pyridine rings is 1. The quantitative estimate of drug-likeness (QED) is 0.716. The summed E-state index contributed by atoms with van der Waals surface area (Å²) in [6.07, 6.45) is 1.74. The summed E-state index contributed by atoms with van der Waals surface area (Å²) in [7, 11) is 0. The van der Waals surface area contributed by atoms with E-state index in [0.717, 1.165) is 16.3 Å². The lowest BCUT2D eigenvalue weighted by Gasteiger charge is -1.98. The van der Waals surface area contributed by atoms with E-state index in [0.29, 0.717) is 0 Å². The Morgan fingerprint density at radius 3 is 2.19 bits per heavy atom. The van der Waals surface area contributed by atoms with Crippen molar-refractivity contribution >= 4 is 10.8 Å². The van der Waals surface area contributed by atoms with Crippen LogP contribution >= 0.6 is 0 Å². The molecule has 16 heavy (non-hydrogen) atoms. The van der Waals surface area contributed by atoms with Gasteiger partial charge in [0.15, 0.2) is 0 Å². The molecule has 0 aliphatic carbocycles. The molecule has 0 bridgehead atoms. The van der Waals surface area contributed by atoms with Crippen molar-refractivity contribution in [2.75, 3.05) is 0 Å². The van der Waals surface area contributed by atoms with Crippen molar-refractivity contribution in [3.8, 4) is 0 Å². The van der Waals surface area contributed by atoms with Crippen molar-refractivity contribution in [2.45, 2.75) is 34.6 Å². The zero-order valence-corrected chi connectivity index (χ0v) is 10.8. The van der Waals surface area contributed by atoms with Gasteiger partial charge in [-0.15, -0.1) is 0 Å². The van der Waals surface area contributed by atoms with Crippen molar-refractivity contribution in [1.82, 2.24) is 4.98 Å². The monoisotopic (exact) mass is 219 g/mol. The molecule has 2 rings (SSSR count). The number of aromatic amines is 1. The van der Waals surface area contributed by atoms with Gasteiger partial charge in [0.05, 0.1) is 0 Å². The van der Waals surface area contributed by atoms with Crippen LogP contribution in [0.5, 0.6) is 0 Å². The van der Waals surface area contributed by atoms with Gasteiger partial charge in [0.2, 0.25) is 0 Å². The smallest absolute Gasteiger partial charge is 0.251 e. The highest BCUT2D eigenvalue weighted by molar-refractivity contribution is 5.84. The summed E-state index contributed by atoms with van der Waals surface area (Å²) in [6.45, 7) is 9.83. The van der Waals surface area contributed by atoms with Gasteiger partial charge < -0.3 is 4.98 Å². The van der Waals surface area contributed by atoms with E-state index >= 15 is 0 Å². The van der Waals surface area contributed by atoms with Gasteiger partial charge in [-0.25, -0.2) is 0 Å². The third-order valence-corrected chi connectivity index (χ3v) is 2.06. The van der Waals surface area contributed by atoms with E-state index < -0.39 is 0 Å². The van der Waals surface area contributed by atoms with Gasteiger partial charge in [-0.05, 0) is 17.7 Å². The fraction of sp³-hybridized carbons (Fsp3) is 0.357. The van der Waals surface area contributed by atoms with Gasteiger partial charge in [-0.2, -0.15) is 0 Å². The highest BCUT2D eigenvalue weighted by Crippen LogP contribution is 2.12. The Kier molecular flexibility index (Phi) is 6.93. The average Bonchev–Trinajstić information content (AvgIpc) is 2.39. The maximum absolute atomic E-state index is 11.2. The summed E-state index contributed by atoms with van der Waals surface area (Å²) in [5.41, 5.74) is 0.779. The lowest BCUT2D eigenvalue weighted by molar-refractivity contribution is 1.21. The standard InChI is InChI=1S/C10H9NO.2C2H6/c1-7-9-5-3-2-4-8(9)6-11-10(7)12;2*1-2/h2-6H,1H3,(H,11,12);2*1-2H3. The van der Waals surface area contributed by atoms with E-state index in [2.05, 4.69) is 4.98 Å². The van der Waals surface area contributed by atoms with Gasteiger partial charge in [0.1, 0.15) is 0 Å². The van der Waals surface area contributed by atoms with Gasteiger partial charge in [0.25, 0.3) is 5.56 Å². The maximum Gasteiger partial charge on any atom is 0.251 e. The first-order valence-corrected chi connectivity index (χ1v) is 5.86. The molecule has 0 radical (unpaired) electrons. The maximum atomic E-state index is 11.2. The van der Waals surface area contributed by atoms with Crippen molar-refractivity contribution in [3.63, 3.8) is 0 Å². The summed E-state index contributed by atoms with van der Waals surface area (Å²) >= 11 is 0. The van der Waals surface area contributed by atoms with Gasteiger partial charge in [-0.3, -0.25) is 4.79 Å². The summed E-state index contributed by atoms with van der Waals surface area (Å²) < 4.78 is 0. The molecule has 0 unspecified atom stereocenters. The molecule has 0 atom stereocenters. The van der Waals surface area contributed by atoms with Crippen LogP contribution in [-0.2, 0) is 0 Å². The third kappa shape index (κ3) is 3.23. The second-order valence-electron chi connectivity index (χ2n) is 2.83. The number of aromatic nitrogens is 1. The number of aryl methyl sites for hydroxylation is 1. The van der Waals surface area contributed by atoms with Crippen LogP contribution in [0.3, 0.4) is 0 Å². The first-order chi connectivity index (χ1) is 7.79. The Hall–Kier alpha value is -1.57. The summed E-state index contributed by atoms with van der Waals surface area (Å²) in [4.78, 5) is 13.9. The number of benzene rings is 1. The predicted octanol–water partition coefficient (Wildman–Crippen LogP) is 3.89. The minimum absolute atomic E-state index is 0.00583. The first-order valence-electron chi connectivity index (χ1n) is 5.86. The Balaban J connectivity index is 0.000000509. The van der Waals surface area contributed by atoms with Crippen molar-refractivity contribution in [2.24, 2.45) is 0 Å². The van der Waals surface area contributed by atoms with Gasteiger partial charge in [0, 0.05) is 11.8 Å². The SMILES string of the molecule is CC.CC.Cc1c(=O)[nH]cc2ccccc12. The van der Waals surface area contributed by atoms with Crippen LogP contribution < -0.4 is 5.56 Å². The minimum Gasteiger partial charge on any atom is -0.328 e. The molecular formula is C14H21NO. The zero-order chi connectivity index (χ0) is 12.6. The topological polar surface area (TPSA) is 32.9 Å². The molecule has 1 aromatic carbocycles. The van der Waals surface area contributed by atoms with E-state index in [-0.39, 0.29) is 5.56 Å². The summed E-state index contributed by atoms with van der Waals surface area (Å²) in [6, 6.07) is 7.84. The van der Waals surface area contributed by atoms with Gasteiger partial charge in [-0.1, -0.05) is 52.0 Å². The molecule has 0 aliphatic heterocycles. The summed E-state index contributed by atoms with van der Waals surface area (Å²) in [5, 5.41) is 2.11. The Morgan fingerprint density at radius 1 is 1.00 bits per heavy atom. The lowest BCUT2D eigenvalue weighted by Crippen LogP contribution is -2.08. The molecule has 2 aromatic rings. The fourth-order valence-electron chi connectivity index (χ4n) is 1.34. The van der Waals surface area contributed by atoms with Crippen LogP contribution in [-0.4, -0.2) is 4.98 Å². The first kappa shape index (κ1) is 14.4. The minimum atomic E-state index is -0.00583. The molecule has 1 N–H and O–H groups in total. The number of hydrogen-bond acceptors (Lipinski definition) is 1. The molecule has 0 saturated heterocycles. The van der Waals surface area contributed by atoms with Crippen LogP contribution in [0.1, 0.15) is 33.3 Å². The van der Waals surface area contributed by atoms with E-state index in [1.165, 1.54) is 0 Å². The third-order valence-electron chi connectivity index (χ3n) is 2.06. The van der Waals surface area contributed by atoms with Gasteiger partial charge >= 0.3 is 0 Å². The number of nitrogens with one attached hydrogen (secondary N) is 1. The zero-order valence-electron chi connectivity index (χ0n) is 10.8. The van der Waals surface area contributed by atoms with Crippen LogP contribution in [0.2, 0.25) is 0 Å². The lowest BCUT2D eigenvalue weighted by atomic mass is 10.1. The van der Waals surface area contributed by atoms with Crippen LogP contribution in [0.15, 0.2) is 35.3 Å². The molecule has 0 spiro atoms. The van der Waals surface area contributed by atoms with Crippen molar-refractivity contribution < 1.29 is 0 Å². The molecule has 88 valence electrons. The van der Waals surface area contributed by atoms with Crippen molar-refractivity contribution in [3.05, 3.63) is 46.4 Å². The Bertz CT molecular complexity index is 471. The molecule has 0 fully saturated rings. The highest BCUT2D eigenvalue weighted by Gasteiger charge is 1.98. The molecule has 1 heterocycles. The number of H-pyrrole nitrogens is 1. The Labute approximate surface area is 97.3 Å². The highest BCUT2D eigenvalue weighted by atomic mass is 16.1. The van der Waals surface area contributed by atoms with Crippen LogP contribution in [0.4, 0.5) is 0 Å². The average molecular weight is 219 g/mol.